The SMILES string of the molecule is CC1(C)C(=O)N(c2ccc(F)c(C(F)(F)F)c2)C(=O)N1Cc1ccc(F)cc1Cc1ccc(N2CCNCC2=O)cc1.Cl. The van der Waals surface area contributed by atoms with E-state index in [4.69, 9.17) is 0 Å². The summed E-state index contributed by atoms with van der Waals surface area (Å²) < 4.78 is 68.2. The monoisotopic (exact) mass is 622 g/mol. The molecule has 43 heavy (non-hydrogen) atoms. The van der Waals surface area contributed by atoms with Crippen molar-refractivity contribution in [2.45, 2.75) is 38.5 Å². The van der Waals surface area contributed by atoms with E-state index >= 15 is 0 Å². The molecule has 2 fully saturated rings. The molecular weight excluding hydrogens is 595 g/mol. The van der Waals surface area contributed by atoms with Crippen LogP contribution in [0.5, 0.6) is 0 Å². The highest BCUT2D eigenvalue weighted by Crippen LogP contribution is 2.38. The number of rotatable bonds is 6. The Balaban J connectivity index is 0.00000423. The first-order chi connectivity index (χ1) is 19.8. The lowest BCUT2D eigenvalue weighted by Gasteiger charge is -2.29. The fourth-order valence-electron chi connectivity index (χ4n) is 5.18. The molecule has 3 aromatic carbocycles. The first kappa shape index (κ1) is 31.9. The van der Waals surface area contributed by atoms with Crippen molar-refractivity contribution in [2.24, 2.45) is 0 Å². The van der Waals surface area contributed by atoms with Gasteiger partial charge in [0.25, 0.3) is 5.91 Å². The summed E-state index contributed by atoms with van der Waals surface area (Å²) in [5, 5.41) is 3.01. The number of carbonyl (C=O) groups is 3. The number of nitrogens with one attached hydrogen (secondary N) is 1. The number of imide groups is 1. The molecule has 2 heterocycles. The third-order valence-electron chi connectivity index (χ3n) is 7.57. The Morgan fingerprint density at radius 2 is 1.56 bits per heavy atom. The molecule has 13 heteroatoms. The number of amides is 4. The fraction of sp³-hybridized carbons (Fsp3) is 0.300. The molecular formula is C30H28ClF5N4O3. The molecule has 3 aromatic rings. The van der Waals surface area contributed by atoms with Crippen LogP contribution < -0.4 is 15.1 Å². The van der Waals surface area contributed by atoms with Crippen LogP contribution in [-0.4, -0.2) is 47.9 Å². The molecule has 2 saturated heterocycles. The number of nitrogens with zero attached hydrogens (tertiary/aromatic N) is 3. The lowest BCUT2D eigenvalue weighted by molar-refractivity contribution is -0.140. The molecule has 2 aliphatic rings. The molecule has 5 rings (SSSR count). The van der Waals surface area contributed by atoms with E-state index in [2.05, 4.69) is 5.32 Å². The minimum Gasteiger partial charge on any atom is -0.310 e. The van der Waals surface area contributed by atoms with Crippen LogP contribution in [0.15, 0.2) is 60.7 Å². The minimum atomic E-state index is -5.02. The van der Waals surface area contributed by atoms with E-state index in [-0.39, 0.29) is 37.8 Å². The number of urea groups is 1. The van der Waals surface area contributed by atoms with Gasteiger partial charge in [0, 0.05) is 25.3 Å². The number of carbonyl (C=O) groups excluding carboxylic acids is 3. The van der Waals surface area contributed by atoms with Crippen molar-refractivity contribution in [1.29, 1.82) is 0 Å². The molecule has 0 saturated carbocycles. The van der Waals surface area contributed by atoms with Crippen LogP contribution in [0.1, 0.15) is 36.1 Å². The molecule has 0 atom stereocenters. The number of anilines is 2. The Morgan fingerprint density at radius 3 is 2.21 bits per heavy atom. The molecule has 7 nitrogen and oxygen atoms in total. The zero-order valence-corrected chi connectivity index (χ0v) is 24.0. The van der Waals surface area contributed by atoms with E-state index in [0.717, 1.165) is 17.3 Å². The summed E-state index contributed by atoms with van der Waals surface area (Å²) in [6, 6.07) is 12.4. The third-order valence-corrected chi connectivity index (χ3v) is 7.57. The molecule has 0 radical (unpaired) electrons. The van der Waals surface area contributed by atoms with Crippen molar-refractivity contribution in [3.63, 3.8) is 0 Å². The summed E-state index contributed by atoms with van der Waals surface area (Å²) in [5.74, 6) is -2.86. The van der Waals surface area contributed by atoms with Gasteiger partial charge >= 0.3 is 12.2 Å². The summed E-state index contributed by atoms with van der Waals surface area (Å²) in [6.07, 6.45) is -4.75. The van der Waals surface area contributed by atoms with Crippen molar-refractivity contribution in [3.05, 3.63) is 94.6 Å². The summed E-state index contributed by atoms with van der Waals surface area (Å²) >= 11 is 0. The molecule has 0 aromatic heterocycles. The summed E-state index contributed by atoms with van der Waals surface area (Å²) in [7, 11) is 0. The van der Waals surface area contributed by atoms with Gasteiger partial charge in [-0.25, -0.2) is 18.5 Å². The fourth-order valence-corrected chi connectivity index (χ4v) is 5.18. The van der Waals surface area contributed by atoms with Crippen LogP contribution in [0.3, 0.4) is 0 Å². The molecule has 228 valence electrons. The Labute approximate surface area is 250 Å². The van der Waals surface area contributed by atoms with Gasteiger partial charge in [-0.2, -0.15) is 13.2 Å². The standard InChI is InChI=1S/C30H27F5N4O3.ClH/c1-29(2)27(41)39(23-9-10-25(32)24(15-23)30(33,34)35)28(42)38(29)17-19-5-6-21(31)14-20(19)13-18-3-7-22(8-4-18)37-12-11-36-16-26(37)40;/h3-10,14-15,36H,11-13,16-17H2,1-2H3;1H. The molecule has 1 N–H and O–H groups in total. The zero-order valence-electron chi connectivity index (χ0n) is 23.2. The first-order valence-corrected chi connectivity index (χ1v) is 13.2. The van der Waals surface area contributed by atoms with Crippen molar-refractivity contribution in [2.75, 3.05) is 29.4 Å². The summed E-state index contributed by atoms with van der Waals surface area (Å²) in [6.45, 7) is 4.25. The van der Waals surface area contributed by atoms with Gasteiger partial charge in [0.15, 0.2) is 0 Å². The predicted octanol–water partition coefficient (Wildman–Crippen LogP) is 5.68. The molecule has 4 amide bonds. The van der Waals surface area contributed by atoms with Crippen LogP contribution in [0.2, 0.25) is 0 Å². The van der Waals surface area contributed by atoms with Crippen LogP contribution in [0.4, 0.5) is 38.1 Å². The van der Waals surface area contributed by atoms with E-state index in [1.165, 1.54) is 36.9 Å². The van der Waals surface area contributed by atoms with Crippen molar-refractivity contribution >= 4 is 41.6 Å². The maximum atomic E-state index is 14.3. The smallest absolute Gasteiger partial charge is 0.310 e. The van der Waals surface area contributed by atoms with Gasteiger partial charge in [0.05, 0.1) is 17.8 Å². The summed E-state index contributed by atoms with van der Waals surface area (Å²) in [4.78, 5) is 42.5. The van der Waals surface area contributed by atoms with Gasteiger partial charge < -0.3 is 15.1 Å². The molecule has 0 spiro atoms. The number of halogens is 6. The molecule has 0 unspecified atom stereocenters. The highest BCUT2D eigenvalue weighted by Gasteiger charge is 2.52. The Bertz CT molecular complexity index is 1560. The summed E-state index contributed by atoms with van der Waals surface area (Å²) in [5.41, 5.74) is -0.846. The zero-order chi connectivity index (χ0) is 30.4. The topological polar surface area (TPSA) is 73.0 Å². The Morgan fingerprint density at radius 1 is 0.884 bits per heavy atom. The number of alkyl halides is 3. The van der Waals surface area contributed by atoms with Gasteiger partial charge in [-0.05, 0) is 79.4 Å². The van der Waals surface area contributed by atoms with Crippen molar-refractivity contribution in [3.8, 4) is 0 Å². The largest absolute Gasteiger partial charge is 0.419 e. The van der Waals surface area contributed by atoms with E-state index in [9.17, 15) is 36.3 Å². The molecule has 0 bridgehead atoms. The van der Waals surface area contributed by atoms with E-state index < -0.39 is 46.5 Å². The van der Waals surface area contributed by atoms with E-state index in [1.54, 1.807) is 17.0 Å². The molecule has 0 aliphatic carbocycles. The Hall–Kier alpha value is -4.03. The van der Waals surface area contributed by atoms with E-state index in [1.807, 2.05) is 12.1 Å². The highest BCUT2D eigenvalue weighted by atomic mass is 35.5. The number of piperazine rings is 1. The number of hydrogen-bond acceptors (Lipinski definition) is 4. The third kappa shape index (κ3) is 6.21. The average molecular weight is 623 g/mol. The normalized spacial score (nSPS) is 17.0. The van der Waals surface area contributed by atoms with Gasteiger partial charge in [0.2, 0.25) is 5.91 Å². The lowest BCUT2D eigenvalue weighted by Crippen LogP contribution is -2.48. The second kappa shape index (κ2) is 11.9. The Kier molecular flexibility index (Phi) is 8.85. The van der Waals surface area contributed by atoms with Crippen LogP contribution >= 0.6 is 12.4 Å². The second-order valence-electron chi connectivity index (χ2n) is 10.7. The van der Waals surface area contributed by atoms with Crippen LogP contribution in [-0.2, 0) is 28.7 Å². The minimum absolute atomic E-state index is 0. The molecule has 2 aliphatic heterocycles. The highest BCUT2D eigenvalue weighted by molar-refractivity contribution is 6.23. The van der Waals surface area contributed by atoms with Crippen molar-refractivity contribution < 1.29 is 36.3 Å². The van der Waals surface area contributed by atoms with Crippen LogP contribution in [0, 0.1) is 11.6 Å². The van der Waals surface area contributed by atoms with Gasteiger partial charge in [-0.3, -0.25) is 9.59 Å². The van der Waals surface area contributed by atoms with Gasteiger partial charge in [-0.1, -0.05) is 18.2 Å². The van der Waals surface area contributed by atoms with Gasteiger partial charge in [0.1, 0.15) is 17.2 Å². The number of benzene rings is 3. The average Bonchev–Trinajstić information content (AvgIpc) is 3.09. The quantitative estimate of drug-likeness (QED) is 0.284. The predicted molar refractivity (Wildman–Crippen MR) is 152 cm³/mol. The number of hydrogen-bond donors (Lipinski definition) is 1. The maximum absolute atomic E-state index is 14.3. The van der Waals surface area contributed by atoms with Gasteiger partial charge in [-0.15, -0.1) is 12.4 Å². The van der Waals surface area contributed by atoms with Crippen LogP contribution in [0.25, 0.3) is 0 Å². The first-order valence-electron chi connectivity index (χ1n) is 13.2. The lowest BCUT2D eigenvalue weighted by atomic mass is 9.97. The maximum Gasteiger partial charge on any atom is 0.419 e. The van der Waals surface area contributed by atoms with Crippen molar-refractivity contribution in [1.82, 2.24) is 10.2 Å². The second-order valence-corrected chi connectivity index (χ2v) is 10.7. The van der Waals surface area contributed by atoms with E-state index in [0.29, 0.717) is 41.2 Å².